The number of carbonyl (C=O) groups excluding carboxylic acids is 7. The molecule has 0 bridgehead atoms. The number of halogens is 2. The summed E-state index contributed by atoms with van der Waals surface area (Å²) in [6.07, 6.45) is 16.1. The summed E-state index contributed by atoms with van der Waals surface area (Å²) in [7, 11) is -6.93. The van der Waals surface area contributed by atoms with Crippen molar-refractivity contribution in [2.24, 2.45) is 11.8 Å². The van der Waals surface area contributed by atoms with Gasteiger partial charge in [0.05, 0.1) is 55.1 Å². The van der Waals surface area contributed by atoms with Gasteiger partial charge in [0.25, 0.3) is 0 Å². The van der Waals surface area contributed by atoms with Crippen LogP contribution >= 0.6 is 43.6 Å². The van der Waals surface area contributed by atoms with E-state index >= 15 is 0 Å². The molecule has 0 aromatic carbocycles. The number of esters is 4. The van der Waals surface area contributed by atoms with E-state index in [9.17, 15) is 50.4 Å². The predicted molar refractivity (Wildman–Crippen MR) is 421 cm³/mol. The van der Waals surface area contributed by atoms with E-state index in [-0.39, 0.29) is 70.4 Å². The third-order valence-electron chi connectivity index (χ3n) is 18.4. The van der Waals surface area contributed by atoms with E-state index in [1.54, 1.807) is 76.1 Å². The molecule has 35 heteroatoms. The number of ether oxygens (including phenoxy) is 8. The van der Waals surface area contributed by atoms with Crippen molar-refractivity contribution in [1.82, 2.24) is 38.3 Å². The zero-order chi connectivity index (χ0) is 81.1. The molecule has 108 heavy (non-hydrogen) atoms. The van der Waals surface area contributed by atoms with E-state index < -0.39 is 54.4 Å². The van der Waals surface area contributed by atoms with Crippen LogP contribution in [0.2, 0.25) is 0 Å². The summed E-state index contributed by atoms with van der Waals surface area (Å²) in [5.41, 5.74) is -3.46. The molecule has 2 aromatic heterocycles. The molecule has 2 saturated carbocycles. The average Bonchev–Trinajstić information content (AvgIpc) is 1.79. The maximum atomic E-state index is 12.8. The first kappa shape index (κ1) is 94.9. The number of rotatable bonds is 29. The van der Waals surface area contributed by atoms with Crippen LogP contribution in [0.5, 0.6) is 11.8 Å². The minimum atomic E-state index is -3.47. The van der Waals surface area contributed by atoms with E-state index in [0.717, 1.165) is 74.9 Å². The molecule has 2 amide bonds. The number of likely N-dealkylation sites (tertiary alicyclic amines) is 2. The fourth-order valence-corrected chi connectivity index (χ4v) is 17.5. The maximum Gasteiger partial charge on any atom is 0.410 e. The molecule has 0 unspecified atom stereocenters. The van der Waals surface area contributed by atoms with E-state index in [4.69, 9.17) is 43.0 Å². The summed E-state index contributed by atoms with van der Waals surface area (Å²) in [6.45, 7) is 36.0. The second-order valence-corrected chi connectivity index (χ2v) is 38.7. The number of carbonyl (C=O) groups is 7. The van der Waals surface area contributed by atoms with Crippen molar-refractivity contribution < 1.29 is 93.4 Å². The highest BCUT2D eigenvalue weighted by Crippen LogP contribution is 2.40. The van der Waals surface area contributed by atoms with Crippen molar-refractivity contribution in [1.29, 1.82) is 0 Å². The van der Waals surface area contributed by atoms with Gasteiger partial charge in [-0.15, -0.1) is 0 Å². The number of hydrogen-bond acceptors (Lipinski definition) is 27. The Balaban J connectivity index is 0.000000332. The summed E-state index contributed by atoms with van der Waals surface area (Å²) in [6, 6.07) is 0. The summed E-state index contributed by atoms with van der Waals surface area (Å²) < 4.78 is 97.6. The third-order valence-corrected chi connectivity index (χ3v) is 23.8. The largest absolute Gasteiger partial charge is 0.476 e. The number of thioether (sulfide) groups is 1. The fraction of sp³-hybridized carbons (Fsp3) is 0.795. The number of piperidine rings is 2. The zero-order valence-corrected chi connectivity index (χ0v) is 72.4. The van der Waals surface area contributed by atoms with Gasteiger partial charge >= 0.3 is 36.1 Å². The zero-order valence-electron chi connectivity index (χ0n) is 66.7. The minimum absolute atomic E-state index is 0.0817. The smallest absolute Gasteiger partial charge is 0.410 e. The van der Waals surface area contributed by atoms with Gasteiger partial charge in [-0.1, -0.05) is 43.6 Å². The lowest BCUT2D eigenvalue weighted by atomic mass is 9.98. The molecule has 6 heterocycles. The molecule has 0 atom stereocenters. The molecular weight excluding hydrogens is 1590 g/mol. The first-order valence-electron chi connectivity index (χ1n) is 37.1. The Morgan fingerprint density at radius 3 is 1.05 bits per heavy atom. The molecule has 2 aliphatic carbocycles. The van der Waals surface area contributed by atoms with Gasteiger partial charge in [-0.25, -0.2) is 46.4 Å². The Labute approximate surface area is 662 Å². The second kappa shape index (κ2) is 43.0. The van der Waals surface area contributed by atoms with Crippen molar-refractivity contribution in [3.8, 4) is 11.8 Å². The summed E-state index contributed by atoms with van der Waals surface area (Å²) in [4.78, 5) is 104. The normalized spacial score (nSPS) is 17.9. The number of hydrogen-bond donors (Lipinski definition) is 1. The van der Waals surface area contributed by atoms with Crippen molar-refractivity contribution in [2.45, 2.75) is 240 Å². The summed E-state index contributed by atoms with van der Waals surface area (Å²) >= 11 is 7.76. The Hall–Kier alpha value is -5.46. The highest BCUT2D eigenvalue weighted by atomic mass is 79.9. The predicted octanol–water partition coefficient (Wildman–Crippen LogP) is 10.5. The minimum Gasteiger partial charge on any atom is -0.476 e. The quantitative estimate of drug-likeness (QED) is 0.0449. The lowest BCUT2D eigenvalue weighted by Gasteiger charge is -2.35. The molecule has 6 fully saturated rings. The third kappa shape index (κ3) is 38.2. The summed E-state index contributed by atoms with van der Waals surface area (Å²) in [5, 5.41) is 10.8. The molecule has 30 nitrogen and oxygen atoms in total. The number of aromatic nitrogens is 4. The molecule has 1 N–H and O–H groups in total. The first-order valence-corrected chi connectivity index (χ1v) is 43.6. The first-order chi connectivity index (χ1) is 50.1. The van der Waals surface area contributed by atoms with Gasteiger partial charge in [0, 0.05) is 142 Å². The number of piperazine rings is 2. The highest BCUT2D eigenvalue weighted by molar-refractivity contribution is 9.09. The number of nitrogens with zero attached hydrogens (tertiary/aromatic N) is 10. The SMILES string of the molecule is CC(=O)OC(C)(C)CCBr.CC(=O)OC(C)(C)CCS(=O)(=O)N1CCN(c2cnc(OCC3CCN(C(=O)OC4(C)CC4)CC3)cn2)CC1.CC(=O)OC(C)(C)CCS(=O)(=O)N1CCN(c2cnc(OCC3CCN(C(=O)OC4(C)CC4)CC3)cn2)CC1.CC(=O)OC(C)(C)CCSC(C)=O.CC(C)(O)CCBr. The number of anilines is 2. The molecule has 0 radical (unpaired) electrons. The molecule has 6 aliphatic rings. The van der Waals surface area contributed by atoms with Gasteiger partial charge in [0.15, 0.2) is 5.12 Å². The van der Waals surface area contributed by atoms with Gasteiger partial charge in [0.2, 0.25) is 31.8 Å². The molecule has 0 spiro atoms. The van der Waals surface area contributed by atoms with Gasteiger partial charge < -0.3 is 62.6 Å². The number of amides is 2. The van der Waals surface area contributed by atoms with E-state index in [1.165, 1.54) is 55.0 Å². The Bertz CT molecular complexity index is 3230. The molecule has 4 aliphatic heterocycles. The van der Waals surface area contributed by atoms with Crippen LogP contribution in [0, 0.1) is 11.8 Å². The Morgan fingerprint density at radius 2 is 0.787 bits per heavy atom. The number of alkyl halides is 2. The van der Waals surface area contributed by atoms with Gasteiger partial charge in [-0.3, -0.25) is 24.0 Å². The fourth-order valence-electron chi connectivity index (χ4n) is 11.2. The van der Waals surface area contributed by atoms with Crippen LogP contribution in [-0.2, 0) is 72.4 Å². The standard InChI is InChI=1S/2C26H41N5O7S.C9H16O3S.C7H13BrO2.C5H11BrO/c2*1-20(32)37-25(2,3)9-16-39(34,35)31-14-12-29(13-15-31)22-17-28-23(18-27-22)36-19-21-5-10-30(11-6-21)24(33)38-26(4)7-8-26;1-7(10)12-9(3,4)5-6-13-8(2)11;1-6(9)10-7(2,3)4-5-8;1-5(2,7)3-4-6/h2*17-18,21H,5-16,19H2,1-4H3;5-6H2,1-4H3;4-5H2,1-3H3;7H,3-4H2,1-2H3. The van der Waals surface area contributed by atoms with E-state index in [1.807, 2.05) is 51.3 Å². The maximum absolute atomic E-state index is 12.8. The van der Waals surface area contributed by atoms with Crippen LogP contribution in [0.3, 0.4) is 0 Å². The molecule has 616 valence electrons. The van der Waals surface area contributed by atoms with Gasteiger partial charge in [-0.2, -0.15) is 8.61 Å². The van der Waals surface area contributed by atoms with Gasteiger partial charge in [0.1, 0.15) is 45.2 Å². The van der Waals surface area contributed by atoms with E-state index in [0.29, 0.717) is 139 Å². The molecule has 4 saturated heterocycles. The van der Waals surface area contributed by atoms with Crippen molar-refractivity contribution in [3.05, 3.63) is 24.8 Å². The van der Waals surface area contributed by atoms with Gasteiger partial charge in [-0.05, 0) is 166 Å². The van der Waals surface area contributed by atoms with Crippen LogP contribution in [0.25, 0.3) is 0 Å². The Morgan fingerprint density at radius 1 is 0.472 bits per heavy atom. The topological polar surface area (TPSA) is 353 Å². The molecular formula is C73H122Br2N10O20S3. The molecule has 2 aromatic rings. The number of sulfonamides is 2. The van der Waals surface area contributed by atoms with Crippen molar-refractivity contribution in [2.75, 3.05) is 129 Å². The lowest BCUT2D eigenvalue weighted by molar-refractivity contribution is -0.154. The van der Waals surface area contributed by atoms with Crippen LogP contribution in [0.1, 0.15) is 201 Å². The van der Waals surface area contributed by atoms with Crippen LogP contribution in [-0.4, -0.2) is 260 Å². The van der Waals surface area contributed by atoms with Crippen LogP contribution < -0.4 is 19.3 Å². The van der Waals surface area contributed by atoms with Crippen LogP contribution in [0.4, 0.5) is 21.2 Å². The van der Waals surface area contributed by atoms with Crippen LogP contribution in [0.15, 0.2) is 24.8 Å². The van der Waals surface area contributed by atoms with Crippen molar-refractivity contribution in [3.63, 3.8) is 0 Å². The number of aliphatic hydroxyl groups is 1. The Kier molecular flexibility index (Phi) is 37.8. The second-order valence-electron chi connectivity index (χ2n) is 31.6. The van der Waals surface area contributed by atoms with Crippen molar-refractivity contribution >= 4 is 116 Å². The highest BCUT2D eigenvalue weighted by Gasteiger charge is 2.44. The summed E-state index contributed by atoms with van der Waals surface area (Å²) in [5.74, 6) is 2.08. The monoisotopic (exact) mass is 1710 g/mol. The lowest BCUT2D eigenvalue weighted by Crippen LogP contribution is -2.50. The average molecular weight is 1720 g/mol. The van der Waals surface area contributed by atoms with E-state index in [2.05, 4.69) is 51.8 Å². The molecule has 8 rings (SSSR count).